The molecule has 2 heterocycles. The number of aromatic nitrogens is 2. The van der Waals surface area contributed by atoms with Crippen molar-refractivity contribution in [2.75, 3.05) is 0 Å². The molecule has 0 fully saturated rings. The first-order valence-electron chi connectivity index (χ1n) is 11.8. The molecule has 0 saturated carbocycles. The first-order chi connectivity index (χ1) is 17.3. The molecule has 0 radical (unpaired) electrons. The van der Waals surface area contributed by atoms with Gasteiger partial charge in [-0.3, -0.25) is 4.98 Å². The Morgan fingerprint density at radius 2 is 1.57 bits per heavy atom. The number of fused-ring (bicyclic) bond motifs is 5. The Morgan fingerprint density at radius 3 is 2.31 bits per heavy atom. The lowest BCUT2D eigenvalue weighted by Gasteiger charge is -2.12. The van der Waals surface area contributed by atoms with Crippen molar-refractivity contribution in [3.8, 4) is 16.8 Å². The third-order valence-electron chi connectivity index (χ3n) is 6.62. The lowest BCUT2D eigenvalue weighted by molar-refractivity contribution is 1.18. The van der Waals surface area contributed by atoms with Crippen LogP contribution in [0.1, 0.15) is 12.5 Å². The molecular weight excluding hydrogens is 426 g/mol. The summed E-state index contributed by atoms with van der Waals surface area (Å²) in [6.45, 7) is 2.02. The van der Waals surface area contributed by atoms with Crippen LogP contribution >= 0.6 is 0 Å². The van der Waals surface area contributed by atoms with Crippen LogP contribution < -0.4 is 5.73 Å². The van der Waals surface area contributed by atoms with Gasteiger partial charge in [0.25, 0.3) is 0 Å². The number of pyridine rings is 1. The lowest BCUT2D eigenvalue weighted by Crippen LogP contribution is -1.95. The quantitative estimate of drug-likeness (QED) is 0.277. The Morgan fingerprint density at radius 1 is 0.771 bits per heavy atom. The fourth-order valence-corrected chi connectivity index (χ4v) is 5.10. The number of benzene rings is 4. The zero-order chi connectivity index (χ0) is 23.8. The molecule has 0 bridgehead atoms. The van der Waals surface area contributed by atoms with E-state index in [1.165, 1.54) is 27.1 Å². The monoisotopic (exact) mass is 451 g/mol. The molecular formula is C32H25N3. The molecule has 3 heteroatoms. The second-order valence-corrected chi connectivity index (χ2v) is 8.63. The van der Waals surface area contributed by atoms with Crippen LogP contribution in [0.4, 0.5) is 0 Å². The molecule has 0 aliphatic rings. The predicted octanol–water partition coefficient (Wildman–Crippen LogP) is 7.87. The molecule has 2 aromatic heterocycles. The number of nitrogens with zero attached hydrogens (tertiary/aromatic N) is 2. The summed E-state index contributed by atoms with van der Waals surface area (Å²) in [7, 11) is 0. The van der Waals surface area contributed by atoms with Gasteiger partial charge in [0.05, 0.1) is 11.0 Å². The lowest BCUT2D eigenvalue weighted by atomic mass is 9.94. The summed E-state index contributed by atoms with van der Waals surface area (Å²) in [5.74, 6) is 0. The summed E-state index contributed by atoms with van der Waals surface area (Å²) in [5.41, 5.74) is 13.9. The largest absolute Gasteiger partial charge is 0.404 e. The molecule has 6 rings (SSSR count). The van der Waals surface area contributed by atoms with Crippen molar-refractivity contribution in [3.05, 3.63) is 127 Å². The third kappa shape index (κ3) is 3.41. The van der Waals surface area contributed by atoms with E-state index < -0.39 is 0 Å². The van der Waals surface area contributed by atoms with Crippen LogP contribution in [0.3, 0.4) is 0 Å². The van der Waals surface area contributed by atoms with Gasteiger partial charge in [0.1, 0.15) is 0 Å². The topological polar surface area (TPSA) is 43.8 Å². The van der Waals surface area contributed by atoms with Crippen molar-refractivity contribution in [2.45, 2.75) is 6.92 Å². The molecule has 0 amide bonds. The predicted molar refractivity (Wildman–Crippen MR) is 148 cm³/mol. The fraction of sp³-hybridized carbons (Fsp3) is 0.0312. The molecule has 0 aliphatic carbocycles. The van der Waals surface area contributed by atoms with Gasteiger partial charge < -0.3 is 10.3 Å². The van der Waals surface area contributed by atoms with E-state index in [4.69, 9.17) is 5.73 Å². The van der Waals surface area contributed by atoms with E-state index in [9.17, 15) is 0 Å². The van der Waals surface area contributed by atoms with E-state index in [0.717, 1.165) is 33.5 Å². The molecule has 168 valence electrons. The Kier molecular flexibility index (Phi) is 5.16. The van der Waals surface area contributed by atoms with E-state index in [1.807, 2.05) is 31.5 Å². The van der Waals surface area contributed by atoms with E-state index >= 15 is 0 Å². The number of hydrogen-bond acceptors (Lipinski definition) is 2. The minimum Gasteiger partial charge on any atom is -0.404 e. The highest BCUT2D eigenvalue weighted by atomic mass is 15.0. The second kappa shape index (κ2) is 8.62. The van der Waals surface area contributed by atoms with Crippen LogP contribution in [-0.4, -0.2) is 9.55 Å². The van der Waals surface area contributed by atoms with E-state index in [1.54, 1.807) is 6.20 Å². The minimum absolute atomic E-state index is 1.01. The zero-order valence-corrected chi connectivity index (χ0v) is 19.5. The van der Waals surface area contributed by atoms with Gasteiger partial charge in [-0.05, 0) is 64.7 Å². The molecule has 4 aromatic carbocycles. The number of nitrogens with two attached hydrogens (primary N) is 1. The highest BCUT2D eigenvalue weighted by molar-refractivity contribution is 6.23. The zero-order valence-electron chi connectivity index (χ0n) is 19.5. The number of hydrogen-bond donors (Lipinski definition) is 1. The maximum Gasteiger partial charge on any atom is 0.0553 e. The SMILES string of the molecule is C/C=C\C(=C/N)c1cc2c(c3ccccc13)c1ccc(-c3cccnc3)cc1n2-c1ccccc1. The average molecular weight is 452 g/mol. The normalized spacial score (nSPS) is 12.3. The van der Waals surface area contributed by atoms with Crippen LogP contribution in [0.2, 0.25) is 0 Å². The van der Waals surface area contributed by atoms with Crippen LogP contribution in [0.25, 0.3) is 55.0 Å². The van der Waals surface area contributed by atoms with Crippen molar-refractivity contribution in [1.82, 2.24) is 9.55 Å². The summed E-state index contributed by atoms with van der Waals surface area (Å²) in [5, 5.41) is 4.89. The fourth-order valence-electron chi connectivity index (χ4n) is 5.10. The highest BCUT2D eigenvalue weighted by Crippen LogP contribution is 2.41. The van der Waals surface area contributed by atoms with Crippen LogP contribution in [-0.2, 0) is 0 Å². The first kappa shape index (κ1) is 20.9. The highest BCUT2D eigenvalue weighted by Gasteiger charge is 2.18. The van der Waals surface area contributed by atoms with Crippen LogP contribution in [0.5, 0.6) is 0 Å². The van der Waals surface area contributed by atoms with Crippen molar-refractivity contribution in [2.24, 2.45) is 5.73 Å². The average Bonchev–Trinajstić information content (AvgIpc) is 3.26. The van der Waals surface area contributed by atoms with Crippen LogP contribution in [0.15, 0.2) is 122 Å². The van der Waals surface area contributed by atoms with Gasteiger partial charge in [-0.15, -0.1) is 0 Å². The number of allylic oxidation sites excluding steroid dienone is 3. The third-order valence-corrected chi connectivity index (χ3v) is 6.62. The van der Waals surface area contributed by atoms with Gasteiger partial charge in [-0.25, -0.2) is 0 Å². The molecule has 3 nitrogen and oxygen atoms in total. The smallest absolute Gasteiger partial charge is 0.0553 e. The molecule has 6 aromatic rings. The first-order valence-corrected chi connectivity index (χ1v) is 11.8. The number of para-hydroxylation sites is 1. The Bertz CT molecular complexity index is 1740. The van der Waals surface area contributed by atoms with Crippen molar-refractivity contribution < 1.29 is 0 Å². The van der Waals surface area contributed by atoms with E-state index in [0.29, 0.717) is 0 Å². The van der Waals surface area contributed by atoms with E-state index in [2.05, 4.69) is 101 Å². The number of rotatable bonds is 4. The van der Waals surface area contributed by atoms with Gasteiger partial charge in [-0.1, -0.05) is 72.8 Å². The molecule has 0 saturated heterocycles. The Labute approximate surface area is 204 Å². The molecule has 0 spiro atoms. The van der Waals surface area contributed by atoms with Crippen molar-refractivity contribution in [3.63, 3.8) is 0 Å². The van der Waals surface area contributed by atoms with Crippen LogP contribution in [0, 0.1) is 0 Å². The maximum atomic E-state index is 6.11. The minimum atomic E-state index is 1.01. The Balaban J connectivity index is 1.81. The van der Waals surface area contributed by atoms with Crippen molar-refractivity contribution in [1.29, 1.82) is 0 Å². The summed E-state index contributed by atoms with van der Waals surface area (Å²) in [6, 6.07) is 32.3. The molecule has 2 N–H and O–H groups in total. The summed E-state index contributed by atoms with van der Waals surface area (Å²) in [4.78, 5) is 4.33. The van der Waals surface area contributed by atoms with Gasteiger partial charge in [0, 0.05) is 40.6 Å². The van der Waals surface area contributed by atoms with Gasteiger partial charge in [0.2, 0.25) is 0 Å². The molecule has 0 unspecified atom stereocenters. The summed E-state index contributed by atoms with van der Waals surface area (Å²) < 4.78 is 2.37. The summed E-state index contributed by atoms with van der Waals surface area (Å²) >= 11 is 0. The van der Waals surface area contributed by atoms with Gasteiger partial charge >= 0.3 is 0 Å². The van der Waals surface area contributed by atoms with E-state index in [-0.39, 0.29) is 0 Å². The molecule has 35 heavy (non-hydrogen) atoms. The maximum absolute atomic E-state index is 6.11. The van der Waals surface area contributed by atoms with Gasteiger partial charge in [-0.2, -0.15) is 0 Å². The molecule has 0 atom stereocenters. The second-order valence-electron chi connectivity index (χ2n) is 8.63. The Hall–Kier alpha value is -4.63. The standard InChI is InChI=1S/C32H25N3/c1-2-9-23(20-33)29-19-31-32(27-14-7-6-13-26(27)29)28-16-15-22(24-10-8-17-34-21-24)18-30(28)35(31)25-11-4-3-5-12-25/h2-21H,33H2,1H3/b9-2-,23-20+. The summed E-state index contributed by atoms with van der Waals surface area (Å²) in [6.07, 6.45) is 9.53. The molecule has 0 aliphatic heterocycles. The van der Waals surface area contributed by atoms with Crippen molar-refractivity contribution >= 4 is 38.2 Å². The van der Waals surface area contributed by atoms with Gasteiger partial charge in [0.15, 0.2) is 0 Å².